The van der Waals surface area contributed by atoms with Crippen molar-refractivity contribution in [2.24, 2.45) is 0 Å². The molecule has 1 fully saturated rings. The molecule has 1 aliphatic rings. The molecule has 1 aromatic carbocycles. The van der Waals surface area contributed by atoms with Gasteiger partial charge in [-0.3, -0.25) is 4.90 Å². The number of ether oxygens (including phenoxy) is 1. The molecule has 19 heavy (non-hydrogen) atoms. The lowest BCUT2D eigenvalue weighted by atomic mass is 9.82. The molecule has 1 aliphatic heterocycles. The van der Waals surface area contributed by atoms with Crippen molar-refractivity contribution in [1.82, 2.24) is 4.90 Å². The first-order valence-electron chi connectivity index (χ1n) is 7.01. The molecule has 0 spiro atoms. The second kappa shape index (κ2) is 5.51. The third-order valence-corrected chi connectivity index (χ3v) is 3.87. The van der Waals surface area contributed by atoms with E-state index in [1.54, 1.807) is 0 Å². The van der Waals surface area contributed by atoms with Crippen molar-refractivity contribution in [2.45, 2.75) is 39.7 Å². The number of nitrogens with zero attached hydrogens (tertiary/aromatic N) is 1. The van der Waals surface area contributed by atoms with Crippen LogP contribution in [0.2, 0.25) is 0 Å². The van der Waals surface area contributed by atoms with Crippen LogP contribution in [0, 0.1) is 6.92 Å². The highest BCUT2D eigenvalue weighted by molar-refractivity contribution is 5.46. The molecule has 1 heterocycles. The van der Waals surface area contributed by atoms with Gasteiger partial charge in [0.1, 0.15) is 5.75 Å². The Hall–Kier alpha value is -1.06. The summed E-state index contributed by atoms with van der Waals surface area (Å²) < 4.78 is 5.37. The summed E-state index contributed by atoms with van der Waals surface area (Å²) in [6.07, 6.45) is 0. The number of morpholine rings is 1. The van der Waals surface area contributed by atoms with E-state index in [2.05, 4.69) is 32.6 Å². The van der Waals surface area contributed by atoms with Crippen molar-refractivity contribution in [3.8, 4) is 5.75 Å². The Bertz CT molecular complexity index is 443. The summed E-state index contributed by atoms with van der Waals surface area (Å²) in [6.45, 7) is 13.0. The van der Waals surface area contributed by atoms with Crippen LogP contribution >= 0.6 is 0 Å². The Morgan fingerprint density at radius 2 is 1.84 bits per heavy atom. The van der Waals surface area contributed by atoms with Gasteiger partial charge in [0.05, 0.1) is 13.2 Å². The van der Waals surface area contributed by atoms with Crippen molar-refractivity contribution in [2.75, 3.05) is 26.3 Å². The van der Waals surface area contributed by atoms with Crippen LogP contribution in [0.1, 0.15) is 37.5 Å². The molecule has 2 rings (SSSR count). The molecule has 0 aromatic heterocycles. The van der Waals surface area contributed by atoms with Crippen molar-refractivity contribution in [3.05, 3.63) is 28.8 Å². The lowest BCUT2D eigenvalue weighted by Crippen LogP contribution is -2.36. The summed E-state index contributed by atoms with van der Waals surface area (Å²) in [5, 5.41) is 10.2. The number of hydrogen-bond donors (Lipinski definition) is 1. The SMILES string of the molecule is Cc1c(C(C)(C)C)ccc(O)c1CN1CCOCC1. The summed E-state index contributed by atoms with van der Waals surface area (Å²) in [5.74, 6) is 0.414. The lowest BCUT2D eigenvalue weighted by Gasteiger charge is -2.29. The lowest BCUT2D eigenvalue weighted by molar-refractivity contribution is 0.0338. The molecule has 0 atom stereocenters. The van der Waals surface area contributed by atoms with Gasteiger partial charge in [0, 0.05) is 25.2 Å². The van der Waals surface area contributed by atoms with Gasteiger partial charge >= 0.3 is 0 Å². The minimum Gasteiger partial charge on any atom is -0.508 e. The Morgan fingerprint density at radius 3 is 2.42 bits per heavy atom. The van der Waals surface area contributed by atoms with E-state index in [0.29, 0.717) is 5.75 Å². The molecular formula is C16H25NO2. The van der Waals surface area contributed by atoms with E-state index in [1.807, 2.05) is 12.1 Å². The van der Waals surface area contributed by atoms with Crippen LogP contribution in [0.25, 0.3) is 0 Å². The quantitative estimate of drug-likeness (QED) is 0.890. The minimum atomic E-state index is 0.109. The van der Waals surface area contributed by atoms with Gasteiger partial charge in [-0.1, -0.05) is 26.8 Å². The zero-order valence-corrected chi connectivity index (χ0v) is 12.5. The third kappa shape index (κ3) is 3.28. The number of hydrogen-bond acceptors (Lipinski definition) is 3. The second-order valence-electron chi connectivity index (χ2n) is 6.37. The fourth-order valence-electron chi connectivity index (χ4n) is 2.74. The average Bonchev–Trinajstić information content (AvgIpc) is 2.34. The molecule has 1 N–H and O–H groups in total. The molecule has 0 saturated carbocycles. The van der Waals surface area contributed by atoms with Crippen LogP contribution in [0.5, 0.6) is 5.75 Å². The van der Waals surface area contributed by atoms with E-state index in [9.17, 15) is 5.11 Å². The Morgan fingerprint density at radius 1 is 1.21 bits per heavy atom. The van der Waals surface area contributed by atoms with Crippen molar-refractivity contribution in [3.63, 3.8) is 0 Å². The van der Waals surface area contributed by atoms with E-state index >= 15 is 0 Å². The summed E-state index contributed by atoms with van der Waals surface area (Å²) in [6, 6.07) is 3.89. The average molecular weight is 263 g/mol. The molecule has 3 nitrogen and oxygen atoms in total. The van der Waals surface area contributed by atoms with E-state index in [4.69, 9.17) is 4.74 Å². The predicted octanol–water partition coefficient (Wildman–Crippen LogP) is 2.83. The van der Waals surface area contributed by atoms with Crippen molar-refractivity contribution in [1.29, 1.82) is 0 Å². The van der Waals surface area contributed by atoms with Gasteiger partial charge in [-0.05, 0) is 29.5 Å². The highest BCUT2D eigenvalue weighted by Gasteiger charge is 2.21. The molecular weight excluding hydrogens is 238 g/mol. The minimum absolute atomic E-state index is 0.109. The molecule has 0 bridgehead atoms. The standard InChI is InChI=1S/C16H25NO2/c1-12-13(11-17-7-9-19-10-8-17)15(18)6-5-14(12)16(2,3)4/h5-6,18H,7-11H2,1-4H3. The van der Waals surface area contributed by atoms with E-state index in [-0.39, 0.29) is 5.41 Å². The van der Waals surface area contributed by atoms with Gasteiger partial charge in [-0.2, -0.15) is 0 Å². The van der Waals surface area contributed by atoms with Crippen LogP contribution in [-0.4, -0.2) is 36.3 Å². The molecule has 0 aliphatic carbocycles. The fourth-order valence-corrected chi connectivity index (χ4v) is 2.74. The van der Waals surface area contributed by atoms with E-state index in [1.165, 1.54) is 11.1 Å². The Balaban J connectivity index is 2.28. The summed E-state index contributed by atoms with van der Waals surface area (Å²) in [4.78, 5) is 2.35. The van der Waals surface area contributed by atoms with Crippen LogP contribution < -0.4 is 0 Å². The largest absolute Gasteiger partial charge is 0.508 e. The van der Waals surface area contributed by atoms with Gasteiger partial charge in [-0.15, -0.1) is 0 Å². The van der Waals surface area contributed by atoms with Crippen LogP contribution in [0.3, 0.4) is 0 Å². The number of phenolic OH excluding ortho intramolecular Hbond substituents is 1. The summed E-state index contributed by atoms with van der Waals surface area (Å²) >= 11 is 0. The maximum absolute atomic E-state index is 10.2. The first-order valence-corrected chi connectivity index (χ1v) is 7.01. The maximum atomic E-state index is 10.2. The third-order valence-electron chi connectivity index (χ3n) is 3.87. The highest BCUT2D eigenvalue weighted by atomic mass is 16.5. The molecule has 0 radical (unpaired) electrons. The van der Waals surface area contributed by atoms with Crippen molar-refractivity contribution < 1.29 is 9.84 Å². The normalized spacial score (nSPS) is 17.7. The monoisotopic (exact) mass is 263 g/mol. The van der Waals surface area contributed by atoms with Crippen molar-refractivity contribution >= 4 is 0 Å². The van der Waals surface area contributed by atoms with E-state index in [0.717, 1.165) is 38.4 Å². The summed E-state index contributed by atoms with van der Waals surface area (Å²) in [7, 11) is 0. The van der Waals surface area contributed by atoms with Crippen LogP contribution in [-0.2, 0) is 16.7 Å². The van der Waals surface area contributed by atoms with Crippen LogP contribution in [0.4, 0.5) is 0 Å². The van der Waals surface area contributed by atoms with Gasteiger partial charge in [0.15, 0.2) is 0 Å². The molecule has 0 amide bonds. The molecule has 1 aromatic rings. The number of phenols is 1. The Kier molecular flexibility index (Phi) is 4.16. The zero-order valence-electron chi connectivity index (χ0n) is 12.5. The van der Waals surface area contributed by atoms with Gasteiger partial charge in [0.25, 0.3) is 0 Å². The number of aromatic hydroxyl groups is 1. The fraction of sp³-hybridized carbons (Fsp3) is 0.625. The smallest absolute Gasteiger partial charge is 0.120 e. The highest BCUT2D eigenvalue weighted by Crippen LogP contribution is 2.32. The number of benzene rings is 1. The predicted molar refractivity (Wildman–Crippen MR) is 77.6 cm³/mol. The Labute approximate surface area is 116 Å². The van der Waals surface area contributed by atoms with Gasteiger partial charge in [-0.25, -0.2) is 0 Å². The second-order valence-corrected chi connectivity index (χ2v) is 6.37. The maximum Gasteiger partial charge on any atom is 0.120 e. The first-order chi connectivity index (χ1) is 8.89. The molecule has 3 heteroatoms. The first kappa shape index (κ1) is 14.4. The van der Waals surface area contributed by atoms with E-state index < -0.39 is 0 Å². The zero-order chi connectivity index (χ0) is 14.0. The number of rotatable bonds is 2. The van der Waals surface area contributed by atoms with Crippen LogP contribution in [0.15, 0.2) is 12.1 Å². The summed E-state index contributed by atoms with van der Waals surface area (Å²) in [5.41, 5.74) is 3.71. The van der Waals surface area contributed by atoms with Gasteiger partial charge in [0.2, 0.25) is 0 Å². The molecule has 106 valence electrons. The topological polar surface area (TPSA) is 32.7 Å². The molecule has 1 saturated heterocycles. The molecule has 0 unspecified atom stereocenters. The van der Waals surface area contributed by atoms with Gasteiger partial charge < -0.3 is 9.84 Å².